The smallest absolute Gasteiger partial charge is 0.416 e. The minimum atomic E-state index is -4.47. The van der Waals surface area contributed by atoms with Crippen LogP contribution in [0.5, 0.6) is 0 Å². The molecule has 0 heterocycles. The molecule has 1 aromatic carbocycles. The molecule has 0 fully saturated rings. The Kier molecular flexibility index (Phi) is 4.42. The van der Waals surface area contributed by atoms with E-state index in [4.69, 9.17) is 0 Å². The molecule has 0 radical (unpaired) electrons. The molecule has 1 aromatic rings. The standard InChI is InChI=1S/C12H11F3O4/c1-18-10(11(17)19-2)9(16)7-3-5-8(6-4-7)12(13,14)15/h3-6,16H,1-2H3/b10-9-. The van der Waals surface area contributed by atoms with E-state index in [2.05, 4.69) is 9.47 Å². The van der Waals surface area contributed by atoms with E-state index in [1.807, 2.05) is 0 Å². The SMILES string of the molecule is COC(=O)/C(OC)=C(/O)c1ccc(C(F)(F)F)cc1. The normalized spacial score (nSPS) is 12.7. The first-order valence-corrected chi connectivity index (χ1v) is 5.04. The lowest BCUT2D eigenvalue weighted by Gasteiger charge is -2.09. The van der Waals surface area contributed by atoms with Crippen LogP contribution in [0.15, 0.2) is 30.0 Å². The fourth-order valence-electron chi connectivity index (χ4n) is 1.32. The second-order valence-electron chi connectivity index (χ2n) is 3.45. The third kappa shape index (κ3) is 3.40. The predicted molar refractivity (Wildman–Crippen MR) is 60.0 cm³/mol. The number of hydrogen-bond acceptors (Lipinski definition) is 4. The van der Waals surface area contributed by atoms with Crippen molar-refractivity contribution >= 4 is 11.7 Å². The maximum atomic E-state index is 12.4. The van der Waals surface area contributed by atoms with Crippen molar-refractivity contribution in [1.82, 2.24) is 0 Å². The number of hydrogen-bond donors (Lipinski definition) is 1. The number of carbonyl (C=O) groups excluding carboxylic acids is 1. The second-order valence-corrected chi connectivity index (χ2v) is 3.45. The monoisotopic (exact) mass is 276 g/mol. The highest BCUT2D eigenvalue weighted by Gasteiger charge is 2.30. The molecule has 0 unspecified atom stereocenters. The molecule has 0 spiro atoms. The average Bonchev–Trinajstić information content (AvgIpc) is 2.38. The van der Waals surface area contributed by atoms with E-state index in [1.165, 1.54) is 0 Å². The van der Waals surface area contributed by atoms with Gasteiger partial charge in [0.25, 0.3) is 0 Å². The van der Waals surface area contributed by atoms with Gasteiger partial charge in [-0.2, -0.15) is 13.2 Å². The molecule has 0 amide bonds. The Hall–Kier alpha value is -2.18. The number of esters is 1. The lowest BCUT2D eigenvalue weighted by atomic mass is 10.1. The zero-order valence-electron chi connectivity index (χ0n) is 10.1. The highest BCUT2D eigenvalue weighted by atomic mass is 19.4. The van der Waals surface area contributed by atoms with Gasteiger partial charge in [0.05, 0.1) is 19.8 Å². The number of benzene rings is 1. The Morgan fingerprint density at radius 2 is 1.63 bits per heavy atom. The van der Waals surface area contributed by atoms with Crippen molar-refractivity contribution in [3.8, 4) is 0 Å². The van der Waals surface area contributed by atoms with E-state index in [0.29, 0.717) is 0 Å². The first kappa shape index (κ1) is 14.9. The fraction of sp³-hybridized carbons (Fsp3) is 0.250. The first-order valence-electron chi connectivity index (χ1n) is 5.04. The van der Waals surface area contributed by atoms with Gasteiger partial charge in [-0.1, -0.05) is 12.1 Å². The topological polar surface area (TPSA) is 55.8 Å². The molecule has 0 aliphatic rings. The number of alkyl halides is 3. The van der Waals surface area contributed by atoms with Crippen LogP contribution in [-0.2, 0) is 20.4 Å². The molecule has 0 aromatic heterocycles. The van der Waals surface area contributed by atoms with E-state index in [0.717, 1.165) is 38.5 Å². The minimum absolute atomic E-state index is 0.00949. The summed E-state index contributed by atoms with van der Waals surface area (Å²) < 4.78 is 46.1. The maximum Gasteiger partial charge on any atom is 0.416 e. The molecule has 1 N–H and O–H groups in total. The first-order chi connectivity index (χ1) is 8.81. The van der Waals surface area contributed by atoms with Crippen molar-refractivity contribution in [2.75, 3.05) is 14.2 Å². The van der Waals surface area contributed by atoms with Crippen LogP contribution in [-0.4, -0.2) is 25.3 Å². The molecular formula is C12H11F3O4. The summed E-state index contributed by atoms with van der Waals surface area (Å²) in [6.45, 7) is 0. The van der Waals surface area contributed by atoms with Gasteiger partial charge in [-0.25, -0.2) is 4.79 Å². The number of aliphatic hydroxyl groups excluding tert-OH is 1. The molecule has 104 valence electrons. The van der Waals surface area contributed by atoms with Crippen LogP contribution < -0.4 is 0 Å². The van der Waals surface area contributed by atoms with Gasteiger partial charge in [-0.05, 0) is 12.1 Å². The molecule has 19 heavy (non-hydrogen) atoms. The highest BCUT2D eigenvalue weighted by Crippen LogP contribution is 2.30. The van der Waals surface area contributed by atoms with E-state index >= 15 is 0 Å². The molecule has 1 rings (SSSR count). The van der Waals surface area contributed by atoms with Crippen LogP contribution in [0.1, 0.15) is 11.1 Å². The summed E-state index contributed by atoms with van der Waals surface area (Å²) in [5.74, 6) is -2.01. The summed E-state index contributed by atoms with van der Waals surface area (Å²) in [6.07, 6.45) is -4.47. The van der Waals surface area contributed by atoms with E-state index in [-0.39, 0.29) is 5.56 Å². The predicted octanol–water partition coefficient (Wildman–Crippen LogP) is 2.75. The van der Waals surface area contributed by atoms with Crippen LogP contribution in [0.3, 0.4) is 0 Å². The quantitative estimate of drug-likeness (QED) is 0.524. The van der Waals surface area contributed by atoms with Gasteiger partial charge in [0.2, 0.25) is 5.76 Å². The largest absolute Gasteiger partial charge is 0.504 e. The lowest BCUT2D eigenvalue weighted by Crippen LogP contribution is -2.10. The Bertz CT molecular complexity index is 489. The fourth-order valence-corrected chi connectivity index (χ4v) is 1.32. The number of rotatable bonds is 3. The van der Waals surface area contributed by atoms with Gasteiger partial charge in [0.1, 0.15) is 0 Å². The van der Waals surface area contributed by atoms with Crippen molar-refractivity contribution < 1.29 is 32.5 Å². The molecule has 4 nitrogen and oxygen atoms in total. The molecule has 0 saturated heterocycles. The van der Waals surface area contributed by atoms with Gasteiger partial charge >= 0.3 is 12.1 Å². The summed E-state index contributed by atoms with van der Waals surface area (Å²) >= 11 is 0. The summed E-state index contributed by atoms with van der Waals surface area (Å²) in [5.41, 5.74) is -0.851. The van der Waals surface area contributed by atoms with Crippen molar-refractivity contribution in [1.29, 1.82) is 0 Å². The number of ether oxygens (including phenoxy) is 2. The third-order valence-corrected chi connectivity index (χ3v) is 2.28. The van der Waals surface area contributed by atoms with Gasteiger partial charge in [-0.3, -0.25) is 0 Å². The van der Waals surface area contributed by atoms with E-state index in [9.17, 15) is 23.1 Å². The maximum absolute atomic E-state index is 12.4. The van der Waals surface area contributed by atoms with Gasteiger partial charge in [0.15, 0.2) is 5.76 Å². The molecule has 0 aliphatic heterocycles. The highest BCUT2D eigenvalue weighted by molar-refractivity contribution is 5.93. The Balaban J connectivity index is 3.16. The van der Waals surface area contributed by atoms with Crippen LogP contribution in [0.2, 0.25) is 0 Å². The zero-order chi connectivity index (χ0) is 14.6. The van der Waals surface area contributed by atoms with Crippen LogP contribution in [0.4, 0.5) is 13.2 Å². The molecule has 0 aliphatic carbocycles. The minimum Gasteiger partial charge on any atom is -0.504 e. The average molecular weight is 276 g/mol. The lowest BCUT2D eigenvalue weighted by molar-refractivity contribution is -0.140. The van der Waals surface area contributed by atoms with Crippen molar-refractivity contribution in [2.24, 2.45) is 0 Å². The van der Waals surface area contributed by atoms with Crippen LogP contribution in [0.25, 0.3) is 5.76 Å². The van der Waals surface area contributed by atoms with E-state index in [1.54, 1.807) is 0 Å². The van der Waals surface area contributed by atoms with Crippen LogP contribution in [0, 0.1) is 0 Å². The Morgan fingerprint density at radius 3 is 2.00 bits per heavy atom. The third-order valence-electron chi connectivity index (χ3n) is 2.28. The van der Waals surface area contributed by atoms with Crippen molar-refractivity contribution in [2.45, 2.75) is 6.18 Å². The van der Waals surface area contributed by atoms with Crippen molar-refractivity contribution in [3.63, 3.8) is 0 Å². The summed E-state index contributed by atoms with van der Waals surface area (Å²) in [7, 11) is 2.22. The van der Waals surface area contributed by atoms with E-state index < -0.39 is 29.2 Å². The summed E-state index contributed by atoms with van der Waals surface area (Å²) in [6, 6.07) is 3.63. The molecule has 0 saturated carbocycles. The number of methoxy groups -OCH3 is 2. The van der Waals surface area contributed by atoms with Crippen LogP contribution >= 0.6 is 0 Å². The number of aliphatic hydroxyl groups is 1. The Labute approximate surface area is 107 Å². The Morgan fingerprint density at radius 1 is 1.11 bits per heavy atom. The van der Waals surface area contributed by atoms with Gasteiger partial charge < -0.3 is 14.6 Å². The number of halogens is 3. The summed E-state index contributed by atoms with van der Waals surface area (Å²) in [5, 5.41) is 9.75. The molecule has 7 heteroatoms. The van der Waals surface area contributed by atoms with Gasteiger partial charge in [-0.15, -0.1) is 0 Å². The molecule has 0 atom stereocenters. The van der Waals surface area contributed by atoms with Gasteiger partial charge in [0, 0.05) is 5.56 Å². The second kappa shape index (κ2) is 5.64. The number of carbonyl (C=O) groups is 1. The zero-order valence-corrected chi connectivity index (χ0v) is 10.1. The molecule has 0 bridgehead atoms. The van der Waals surface area contributed by atoms with Crippen molar-refractivity contribution in [3.05, 3.63) is 41.2 Å². The molecular weight excluding hydrogens is 265 g/mol. The summed E-state index contributed by atoms with van der Waals surface area (Å²) in [4.78, 5) is 11.2.